The number of benzene rings is 2. The van der Waals surface area contributed by atoms with E-state index in [1.165, 1.54) is 44.1 Å². The smallest absolute Gasteiger partial charge is 0.490 e. The predicted molar refractivity (Wildman–Crippen MR) is 135 cm³/mol. The number of hydrogen-bond donors (Lipinski definition) is 3. The van der Waals surface area contributed by atoms with E-state index in [4.69, 9.17) is 14.6 Å². The quantitative estimate of drug-likeness (QED) is 0.462. The predicted octanol–water partition coefficient (Wildman–Crippen LogP) is 3.87. The first-order valence-corrected chi connectivity index (χ1v) is 13.1. The summed E-state index contributed by atoms with van der Waals surface area (Å²) >= 11 is 0. The molecule has 0 unspecified atom stereocenters. The van der Waals surface area contributed by atoms with Gasteiger partial charge in [-0.15, -0.1) is 0 Å². The second-order valence-electron chi connectivity index (χ2n) is 8.86. The van der Waals surface area contributed by atoms with Crippen LogP contribution in [0.5, 0.6) is 5.75 Å². The molecule has 0 atom stereocenters. The largest absolute Gasteiger partial charge is 0.496 e. The number of nitrogens with zero attached hydrogens (tertiary/aromatic N) is 1. The van der Waals surface area contributed by atoms with E-state index in [1.807, 2.05) is 31.3 Å². The Morgan fingerprint density at radius 3 is 2.00 bits per heavy atom. The molecule has 12 heteroatoms. The zero-order valence-corrected chi connectivity index (χ0v) is 22.1. The zero-order valence-electron chi connectivity index (χ0n) is 21.3. The molecule has 1 aliphatic carbocycles. The first-order chi connectivity index (χ1) is 17.3. The molecule has 2 aromatic carbocycles. The van der Waals surface area contributed by atoms with E-state index < -0.39 is 22.2 Å². The van der Waals surface area contributed by atoms with E-state index in [9.17, 15) is 21.6 Å². The normalized spacial score (nSPS) is 18.2. The molecule has 8 nitrogen and oxygen atoms in total. The summed E-state index contributed by atoms with van der Waals surface area (Å²) in [6.07, 6.45) is -0.328. The third-order valence-corrected chi connectivity index (χ3v) is 8.04. The molecule has 206 valence electrons. The maximum Gasteiger partial charge on any atom is 0.490 e. The lowest BCUT2D eigenvalue weighted by Crippen LogP contribution is -2.38. The molecule has 0 heterocycles. The lowest BCUT2D eigenvalue weighted by Gasteiger charge is -2.29. The van der Waals surface area contributed by atoms with Crippen LogP contribution in [-0.2, 0) is 21.4 Å². The van der Waals surface area contributed by atoms with Crippen molar-refractivity contribution in [2.75, 3.05) is 28.3 Å². The lowest BCUT2D eigenvalue weighted by molar-refractivity contribution is -0.192. The highest BCUT2D eigenvalue weighted by Gasteiger charge is 2.38. The summed E-state index contributed by atoms with van der Waals surface area (Å²) in [5, 5.41) is 14.2. The van der Waals surface area contributed by atoms with Gasteiger partial charge in [-0.2, -0.15) is 13.2 Å². The van der Waals surface area contributed by atoms with E-state index >= 15 is 0 Å². The molecule has 0 bridgehead atoms. The Labute approximate surface area is 215 Å². The van der Waals surface area contributed by atoms with E-state index in [2.05, 4.69) is 16.7 Å². The number of rotatable bonds is 8. The minimum absolute atomic E-state index is 0.295. The monoisotopic (exact) mass is 545 g/mol. The van der Waals surface area contributed by atoms with Gasteiger partial charge in [-0.25, -0.2) is 17.5 Å². The van der Waals surface area contributed by atoms with Gasteiger partial charge in [0.15, 0.2) is 0 Å². The summed E-state index contributed by atoms with van der Waals surface area (Å²) in [5.74, 6) is -1.89. The van der Waals surface area contributed by atoms with Gasteiger partial charge in [-0.1, -0.05) is 18.2 Å². The van der Waals surface area contributed by atoms with E-state index in [0.717, 1.165) is 29.0 Å². The van der Waals surface area contributed by atoms with Gasteiger partial charge >= 0.3 is 12.1 Å². The van der Waals surface area contributed by atoms with Crippen LogP contribution < -0.4 is 15.4 Å². The molecule has 3 N–H and O–H groups in total. The molecule has 0 aromatic heterocycles. The van der Waals surface area contributed by atoms with Crippen molar-refractivity contribution < 1.29 is 36.2 Å². The van der Waals surface area contributed by atoms with Crippen LogP contribution in [0.15, 0.2) is 47.4 Å². The number of carboxylic acids is 1. The van der Waals surface area contributed by atoms with Crippen LogP contribution in [0.25, 0.3) is 11.1 Å². The third kappa shape index (κ3) is 8.70. The Bertz CT molecular complexity index is 1130. The molecule has 0 aliphatic heterocycles. The van der Waals surface area contributed by atoms with Crippen molar-refractivity contribution in [1.29, 1.82) is 0 Å². The van der Waals surface area contributed by atoms with Crippen LogP contribution >= 0.6 is 0 Å². The van der Waals surface area contributed by atoms with Crippen LogP contribution in [0.1, 0.15) is 31.2 Å². The Morgan fingerprint density at radius 1 is 1.03 bits per heavy atom. The highest BCUT2D eigenvalue weighted by atomic mass is 32.2. The van der Waals surface area contributed by atoms with Crippen LogP contribution in [0, 0.1) is 0 Å². The lowest BCUT2D eigenvalue weighted by atomic mass is 9.91. The van der Waals surface area contributed by atoms with Crippen LogP contribution in [0.3, 0.4) is 0 Å². The summed E-state index contributed by atoms with van der Waals surface area (Å²) in [5.41, 5.74) is 3.13. The van der Waals surface area contributed by atoms with Gasteiger partial charge in [-0.3, -0.25) is 0 Å². The van der Waals surface area contributed by atoms with E-state index in [1.54, 1.807) is 19.2 Å². The minimum Gasteiger partial charge on any atom is -0.496 e. The van der Waals surface area contributed by atoms with Crippen LogP contribution in [-0.4, -0.2) is 70.3 Å². The van der Waals surface area contributed by atoms with Gasteiger partial charge in [0.2, 0.25) is 10.0 Å². The van der Waals surface area contributed by atoms with E-state index in [0.29, 0.717) is 17.0 Å². The summed E-state index contributed by atoms with van der Waals surface area (Å²) < 4.78 is 63.1. The number of sulfonamides is 1. The number of hydrogen-bond acceptors (Lipinski definition) is 6. The first-order valence-electron chi connectivity index (χ1n) is 11.7. The second-order valence-corrected chi connectivity index (χ2v) is 11.0. The Morgan fingerprint density at radius 2 is 1.54 bits per heavy atom. The molecule has 0 saturated heterocycles. The van der Waals surface area contributed by atoms with Gasteiger partial charge in [0.1, 0.15) is 5.75 Å². The number of ether oxygens (including phenoxy) is 1. The average molecular weight is 546 g/mol. The third-order valence-electron chi connectivity index (χ3n) is 6.21. The zero-order chi connectivity index (χ0) is 27.8. The summed E-state index contributed by atoms with van der Waals surface area (Å²) in [4.78, 5) is 9.19. The van der Waals surface area contributed by atoms with Crippen molar-refractivity contribution in [3.05, 3.63) is 48.0 Å². The molecular weight excluding hydrogens is 511 g/mol. The van der Waals surface area contributed by atoms with Gasteiger partial charge < -0.3 is 20.5 Å². The van der Waals surface area contributed by atoms with E-state index in [-0.39, 0.29) is 0 Å². The van der Waals surface area contributed by atoms with Gasteiger partial charge in [0.05, 0.1) is 12.0 Å². The average Bonchev–Trinajstić information content (AvgIpc) is 2.87. The molecule has 0 spiro atoms. The Hall–Kier alpha value is -2.67. The molecule has 2 aromatic rings. The maximum absolute atomic E-state index is 12.3. The summed E-state index contributed by atoms with van der Waals surface area (Å²) in [7, 11) is 3.39. The summed E-state index contributed by atoms with van der Waals surface area (Å²) in [6.45, 7) is 0.749. The van der Waals surface area contributed by atoms with Crippen molar-refractivity contribution in [1.82, 2.24) is 14.9 Å². The maximum atomic E-state index is 12.3. The van der Waals surface area contributed by atoms with Crippen LogP contribution in [0.2, 0.25) is 0 Å². The second kappa shape index (κ2) is 13.2. The van der Waals surface area contributed by atoms with Gasteiger partial charge in [0, 0.05) is 38.3 Å². The first kappa shape index (κ1) is 30.6. The fourth-order valence-electron chi connectivity index (χ4n) is 3.97. The van der Waals surface area contributed by atoms with Gasteiger partial charge in [-0.05, 0) is 68.1 Å². The molecule has 3 rings (SSSR count). The van der Waals surface area contributed by atoms with Crippen molar-refractivity contribution >= 4 is 16.0 Å². The Kier molecular flexibility index (Phi) is 10.9. The highest BCUT2D eigenvalue weighted by molar-refractivity contribution is 7.89. The van der Waals surface area contributed by atoms with Crippen molar-refractivity contribution in [2.24, 2.45) is 0 Å². The number of aliphatic carboxylic acids is 1. The molecule has 1 fully saturated rings. The number of halogens is 3. The Balaban J connectivity index is 0.000000604. The molecule has 0 radical (unpaired) electrons. The standard InChI is InChI=1S/C23H33N3O3S.C2HF3O2/c1-24-20-8-10-21(11-9-20)25-16-19-15-18(7-14-23(19)29-4)17-5-12-22(13-6-17)30(27,28)26(2)3;3-2(4,5)1(6)7/h5-7,12-15,20-21,24-25H,8-11,16H2,1-4H3;(H,6,7). The summed E-state index contributed by atoms with van der Waals surface area (Å²) in [6, 6.07) is 14.3. The fraction of sp³-hybridized carbons (Fsp3) is 0.480. The number of methoxy groups -OCH3 is 1. The fourth-order valence-corrected chi connectivity index (χ4v) is 4.87. The van der Waals surface area contributed by atoms with Crippen LogP contribution in [0.4, 0.5) is 13.2 Å². The molecule has 0 amide bonds. The van der Waals surface area contributed by atoms with Crippen molar-refractivity contribution in [3.63, 3.8) is 0 Å². The minimum atomic E-state index is -5.08. The number of alkyl halides is 3. The van der Waals surface area contributed by atoms with Crippen molar-refractivity contribution in [3.8, 4) is 16.9 Å². The highest BCUT2D eigenvalue weighted by Crippen LogP contribution is 2.28. The SMILES string of the molecule is CNC1CCC(NCc2cc(-c3ccc(S(=O)(=O)N(C)C)cc3)ccc2OC)CC1.O=C(O)C(F)(F)F. The van der Waals surface area contributed by atoms with Crippen molar-refractivity contribution in [2.45, 2.75) is 55.4 Å². The number of carboxylic acid groups (broad SMARTS) is 1. The number of carbonyl (C=O) groups is 1. The molecular formula is C25H34F3N3O5S. The molecule has 1 saturated carbocycles. The molecule has 37 heavy (non-hydrogen) atoms. The topological polar surface area (TPSA) is 108 Å². The number of nitrogens with one attached hydrogen (secondary N) is 2. The molecule has 1 aliphatic rings. The van der Waals surface area contributed by atoms with Gasteiger partial charge in [0.25, 0.3) is 0 Å².